The molecule has 0 fully saturated rings. The topological polar surface area (TPSA) is 142 Å². The van der Waals surface area contributed by atoms with Gasteiger partial charge in [-0.25, -0.2) is 9.37 Å². The van der Waals surface area contributed by atoms with Gasteiger partial charge in [0.25, 0.3) is 11.8 Å². The molecule has 1 aliphatic rings. The number of nitrogens with zero attached hydrogens (tertiary/aromatic N) is 2. The Labute approximate surface area is 189 Å². The first kappa shape index (κ1) is 22.2. The van der Waals surface area contributed by atoms with E-state index in [4.69, 9.17) is 5.73 Å². The quantitative estimate of drug-likeness (QED) is 0.372. The van der Waals surface area contributed by atoms with E-state index in [1.165, 1.54) is 30.5 Å². The number of hydrogen-bond donors (Lipinski definition) is 5. The van der Waals surface area contributed by atoms with Gasteiger partial charge < -0.3 is 26.8 Å². The lowest BCUT2D eigenvalue weighted by atomic mass is 9.94. The number of carbonyl (C=O) groups is 2. The van der Waals surface area contributed by atoms with Crippen LogP contribution in [0.5, 0.6) is 0 Å². The molecule has 0 unspecified atom stereocenters. The first-order valence-corrected chi connectivity index (χ1v) is 10.2. The second kappa shape index (κ2) is 8.47. The van der Waals surface area contributed by atoms with Crippen molar-refractivity contribution in [2.45, 2.75) is 25.4 Å². The number of nitrogens with two attached hydrogens (primary N) is 1. The molecule has 1 aliphatic heterocycles. The zero-order chi connectivity index (χ0) is 23.8. The number of aliphatic hydroxyl groups is 1. The Morgan fingerprint density at radius 2 is 1.97 bits per heavy atom. The van der Waals surface area contributed by atoms with Crippen LogP contribution in [0.15, 0.2) is 48.7 Å². The summed E-state index contributed by atoms with van der Waals surface area (Å²) in [6, 6.07) is 10.2. The molecule has 0 bridgehead atoms. The van der Waals surface area contributed by atoms with E-state index in [9.17, 15) is 19.1 Å². The number of halogens is 1. The molecular formula is C23H23FN6O3. The maximum atomic E-state index is 13.3. The number of benzene rings is 2. The van der Waals surface area contributed by atoms with Gasteiger partial charge >= 0.3 is 0 Å². The summed E-state index contributed by atoms with van der Waals surface area (Å²) in [4.78, 5) is 32.5. The number of rotatable bonds is 7. The van der Waals surface area contributed by atoms with Crippen molar-refractivity contribution in [3.8, 4) is 0 Å². The lowest BCUT2D eigenvalue weighted by Crippen LogP contribution is -2.32. The zero-order valence-electron chi connectivity index (χ0n) is 18.0. The molecule has 2 heterocycles. The smallest absolute Gasteiger partial charge is 0.254 e. The molecular weight excluding hydrogens is 427 g/mol. The van der Waals surface area contributed by atoms with E-state index in [2.05, 4.69) is 25.9 Å². The third-order valence-corrected chi connectivity index (χ3v) is 5.44. The van der Waals surface area contributed by atoms with Gasteiger partial charge in [0.2, 0.25) is 5.95 Å². The van der Waals surface area contributed by atoms with Gasteiger partial charge in [0.15, 0.2) is 0 Å². The molecule has 33 heavy (non-hydrogen) atoms. The Morgan fingerprint density at radius 3 is 2.64 bits per heavy atom. The maximum absolute atomic E-state index is 13.3. The minimum atomic E-state index is -0.747. The summed E-state index contributed by atoms with van der Waals surface area (Å²) < 4.78 is 13.3. The fourth-order valence-electron chi connectivity index (χ4n) is 3.71. The molecule has 0 spiro atoms. The minimum Gasteiger partial charge on any atom is -0.394 e. The summed E-state index contributed by atoms with van der Waals surface area (Å²) in [5.41, 5.74) is 7.66. The van der Waals surface area contributed by atoms with Crippen LogP contribution in [0.2, 0.25) is 0 Å². The zero-order valence-corrected chi connectivity index (χ0v) is 18.0. The van der Waals surface area contributed by atoms with E-state index in [1.54, 1.807) is 12.1 Å². The number of nitrogens with one attached hydrogen (secondary N) is 3. The number of hydrogen-bond acceptors (Lipinski definition) is 7. The van der Waals surface area contributed by atoms with Crippen LogP contribution < -0.4 is 21.7 Å². The predicted molar refractivity (Wildman–Crippen MR) is 121 cm³/mol. The van der Waals surface area contributed by atoms with Gasteiger partial charge in [0.05, 0.1) is 23.8 Å². The molecule has 0 radical (unpaired) electrons. The van der Waals surface area contributed by atoms with Gasteiger partial charge in [-0.1, -0.05) is 12.1 Å². The maximum Gasteiger partial charge on any atom is 0.254 e. The van der Waals surface area contributed by atoms with E-state index < -0.39 is 23.3 Å². The first-order chi connectivity index (χ1) is 15.7. The Morgan fingerprint density at radius 1 is 1.24 bits per heavy atom. The molecule has 4 rings (SSSR count). The van der Waals surface area contributed by atoms with Crippen molar-refractivity contribution >= 4 is 29.3 Å². The number of aliphatic hydroxyl groups excluding tert-OH is 1. The van der Waals surface area contributed by atoms with Crippen LogP contribution in [0.25, 0.3) is 0 Å². The SMILES string of the molecule is CC1(C)NC(=O)c2ccc(Nc3ncc(C(N)=O)c(N[C@H](CO)c4ccc(F)cc4)n3)cc21. The summed E-state index contributed by atoms with van der Waals surface area (Å²) >= 11 is 0. The third-order valence-electron chi connectivity index (χ3n) is 5.44. The number of fused-ring (bicyclic) bond motifs is 1. The van der Waals surface area contributed by atoms with Gasteiger partial charge in [-0.15, -0.1) is 0 Å². The van der Waals surface area contributed by atoms with Crippen LogP contribution in [-0.4, -0.2) is 33.5 Å². The largest absolute Gasteiger partial charge is 0.394 e. The average Bonchev–Trinajstić information content (AvgIpc) is 3.00. The highest BCUT2D eigenvalue weighted by Gasteiger charge is 2.35. The van der Waals surface area contributed by atoms with E-state index in [1.807, 2.05) is 19.9 Å². The second-order valence-electron chi connectivity index (χ2n) is 8.22. The van der Waals surface area contributed by atoms with Crippen molar-refractivity contribution in [1.82, 2.24) is 15.3 Å². The average molecular weight is 450 g/mol. The molecule has 3 aromatic rings. The molecule has 10 heteroatoms. The van der Waals surface area contributed by atoms with Gasteiger partial charge in [0, 0.05) is 17.4 Å². The lowest BCUT2D eigenvalue weighted by molar-refractivity contribution is 0.0939. The van der Waals surface area contributed by atoms with Crippen molar-refractivity contribution in [1.29, 1.82) is 0 Å². The van der Waals surface area contributed by atoms with Crippen LogP contribution in [0.1, 0.15) is 51.7 Å². The molecule has 170 valence electrons. The number of carbonyl (C=O) groups excluding carboxylic acids is 2. The molecule has 1 aromatic heterocycles. The van der Waals surface area contributed by atoms with Gasteiger partial charge in [-0.3, -0.25) is 9.59 Å². The van der Waals surface area contributed by atoms with Crippen molar-refractivity contribution < 1.29 is 19.1 Å². The Bertz CT molecular complexity index is 1230. The van der Waals surface area contributed by atoms with Crippen LogP contribution >= 0.6 is 0 Å². The number of primary amides is 1. The van der Waals surface area contributed by atoms with Crippen molar-refractivity contribution in [3.63, 3.8) is 0 Å². The first-order valence-electron chi connectivity index (χ1n) is 10.2. The van der Waals surface area contributed by atoms with Crippen LogP contribution in [0.3, 0.4) is 0 Å². The van der Waals surface area contributed by atoms with Crippen LogP contribution in [0, 0.1) is 5.82 Å². The van der Waals surface area contributed by atoms with Crippen molar-refractivity contribution in [3.05, 3.63) is 76.7 Å². The van der Waals surface area contributed by atoms with Crippen molar-refractivity contribution in [2.24, 2.45) is 5.73 Å². The summed E-state index contributed by atoms with van der Waals surface area (Å²) in [5.74, 6) is -0.999. The molecule has 0 saturated carbocycles. The molecule has 2 aromatic carbocycles. The monoisotopic (exact) mass is 450 g/mol. The van der Waals surface area contributed by atoms with E-state index in [0.717, 1.165) is 5.56 Å². The number of amides is 2. The molecule has 6 N–H and O–H groups in total. The van der Waals surface area contributed by atoms with Gasteiger partial charge in [0.1, 0.15) is 11.6 Å². The summed E-state index contributed by atoms with van der Waals surface area (Å²) in [6.45, 7) is 3.48. The molecule has 2 amide bonds. The van der Waals surface area contributed by atoms with E-state index in [0.29, 0.717) is 16.8 Å². The van der Waals surface area contributed by atoms with Crippen LogP contribution in [0.4, 0.5) is 21.8 Å². The van der Waals surface area contributed by atoms with Crippen molar-refractivity contribution in [2.75, 3.05) is 17.2 Å². The Kier molecular flexibility index (Phi) is 5.69. The van der Waals surface area contributed by atoms with E-state index >= 15 is 0 Å². The molecule has 9 nitrogen and oxygen atoms in total. The fourth-order valence-corrected chi connectivity index (χ4v) is 3.71. The Balaban J connectivity index is 1.64. The van der Waals surface area contributed by atoms with Gasteiger partial charge in [-0.05, 0) is 55.3 Å². The molecule has 1 atom stereocenters. The number of anilines is 3. The molecule has 0 aliphatic carbocycles. The summed E-state index contributed by atoms with van der Waals surface area (Å²) in [5, 5.41) is 18.8. The number of aromatic nitrogens is 2. The van der Waals surface area contributed by atoms with Crippen LogP contribution in [-0.2, 0) is 5.54 Å². The highest BCUT2D eigenvalue weighted by atomic mass is 19.1. The second-order valence-corrected chi connectivity index (χ2v) is 8.22. The lowest BCUT2D eigenvalue weighted by Gasteiger charge is -2.20. The normalized spacial score (nSPS) is 14.8. The summed E-state index contributed by atoms with van der Waals surface area (Å²) in [7, 11) is 0. The highest BCUT2D eigenvalue weighted by molar-refractivity contribution is 6.00. The molecule has 0 saturated heterocycles. The standard InChI is InChI=1S/C23H23FN6O3/c1-23(2)17-9-14(7-8-15(17)21(33)30-23)27-22-26-10-16(19(25)32)20(29-22)28-18(11-31)12-3-5-13(24)6-4-12/h3-10,18,31H,11H2,1-2H3,(H2,25,32)(H,30,33)(H2,26,27,28,29)/t18-/m1/s1. The van der Waals surface area contributed by atoms with E-state index in [-0.39, 0.29) is 29.8 Å². The highest BCUT2D eigenvalue weighted by Crippen LogP contribution is 2.33. The Hall–Kier alpha value is -4.05. The third kappa shape index (κ3) is 4.46. The summed E-state index contributed by atoms with van der Waals surface area (Å²) in [6.07, 6.45) is 1.28. The fraction of sp³-hybridized carbons (Fsp3) is 0.217. The van der Waals surface area contributed by atoms with Gasteiger partial charge in [-0.2, -0.15) is 4.98 Å². The minimum absolute atomic E-state index is 0.0333. The predicted octanol–water partition coefficient (Wildman–Crippen LogP) is 2.58.